The summed E-state index contributed by atoms with van der Waals surface area (Å²) in [6.45, 7) is 29.7. The summed E-state index contributed by atoms with van der Waals surface area (Å²) < 4.78 is 0. The van der Waals surface area contributed by atoms with Crippen molar-refractivity contribution in [2.24, 2.45) is 62.1 Å². The van der Waals surface area contributed by atoms with Gasteiger partial charge < -0.3 is 0 Å². The van der Waals surface area contributed by atoms with Gasteiger partial charge in [0.05, 0.1) is 0 Å². The molecule has 0 aliphatic heterocycles. The molecule has 1 unspecified atom stereocenters. The van der Waals surface area contributed by atoms with E-state index in [1.54, 1.807) is 5.57 Å². The maximum absolute atomic E-state index is 14.0. The molecule has 0 amide bonds. The lowest BCUT2D eigenvalue weighted by Crippen LogP contribution is -2.60. The molecule has 0 aromatic rings. The monoisotopic (exact) mass is 482 g/mol. The first-order valence-electron chi connectivity index (χ1n) is 15.1. The number of carbonyl (C=O) groups excluding carboxylic acids is 1. The molecule has 35 heavy (non-hydrogen) atoms. The van der Waals surface area contributed by atoms with E-state index < -0.39 is 0 Å². The lowest BCUT2D eigenvalue weighted by atomic mass is 9.38. The van der Waals surface area contributed by atoms with Crippen molar-refractivity contribution in [3.05, 3.63) is 11.6 Å². The molecule has 1 nitrogen and oxygen atoms in total. The van der Waals surface area contributed by atoms with Crippen molar-refractivity contribution in [1.29, 1.82) is 0 Å². The van der Waals surface area contributed by atoms with Gasteiger partial charge in [-0.1, -0.05) is 88.7 Å². The van der Waals surface area contributed by atoms with Crippen molar-refractivity contribution in [2.45, 2.75) is 134 Å². The molecule has 4 aliphatic carbocycles. The molecule has 0 saturated heterocycles. The molecule has 0 radical (unpaired) electrons. The second kappa shape index (κ2) is 8.20. The predicted octanol–water partition coefficient (Wildman–Crippen LogP) is 9.90. The zero-order valence-electron chi connectivity index (χ0n) is 25.5. The van der Waals surface area contributed by atoms with Gasteiger partial charge in [-0.3, -0.25) is 4.79 Å². The van der Waals surface area contributed by atoms with Gasteiger partial charge in [0.1, 0.15) is 0 Å². The van der Waals surface area contributed by atoms with E-state index in [0.29, 0.717) is 40.3 Å². The zero-order chi connectivity index (χ0) is 26.4. The number of fused-ring (bicyclic) bond motifs is 5. The molecule has 1 heteroatoms. The maximum atomic E-state index is 14.0. The molecule has 0 aromatic heterocycles. The molecule has 4 rings (SSSR count). The molecule has 9 atom stereocenters. The smallest absolute Gasteiger partial charge is 0.162 e. The van der Waals surface area contributed by atoms with E-state index in [2.05, 4.69) is 89.2 Å². The number of allylic oxidation sites excluding steroid dienone is 2. The lowest BCUT2D eigenvalue weighted by molar-refractivity contribution is -0.152. The lowest BCUT2D eigenvalue weighted by Gasteiger charge is -2.65. The predicted molar refractivity (Wildman–Crippen MR) is 150 cm³/mol. The number of carbonyl (C=O) groups is 1. The first kappa shape index (κ1) is 27.4. The van der Waals surface area contributed by atoms with Crippen LogP contribution in [0.5, 0.6) is 0 Å². The van der Waals surface area contributed by atoms with Crippen molar-refractivity contribution >= 4 is 5.78 Å². The minimum Gasteiger partial charge on any atom is -0.294 e. The average molecular weight is 483 g/mol. The number of ketones is 1. The largest absolute Gasteiger partial charge is 0.294 e. The third-order valence-electron chi connectivity index (χ3n) is 13.7. The van der Waals surface area contributed by atoms with Crippen molar-refractivity contribution in [1.82, 2.24) is 0 Å². The SMILES string of the molecule is C[C@@H]1C[C@@]2(C)C(=O)C=C3C(CC[C@]4(C)[C@@H](C(C)(C)[C@H](C)CCC(C)(C)C)CC[C@@]34C)[C@@]2(C)C[C@@H]1C. The molecule has 3 fully saturated rings. The first-order chi connectivity index (χ1) is 15.8. The summed E-state index contributed by atoms with van der Waals surface area (Å²) in [6, 6.07) is 0. The Morgan fingerprint density at radius 1 is 0.886 bits per heavy atom. The quantitative estimate of drug-likeness (QED) is 0.389. The number of rotatable bonds is 4. The van der Waals surface area contributed by atoms with E-state index in [1.807, 2.05) is 0 Å². The van der Waals surface area contributed by atoms with Crippen molar-refractivity contribution in [2.75, 3.05) is 0 Å². The Morgan fingerprint density at radius 2 is 1.49 bits per heavy atom. The molecular weight excluding hydrogens is 424 g/mol. The van der Waals surface area contributed by atoms with Crippen LogP contribution in [0.1, 0.15) is 134 Å². The first-order valence-corrected chi connectivity index (χ1v) is 15.1. The Balaban J connectivity index is 1.70. The highest BCUT2D eigenvalue weighted by Gasteiger charge is 2.68. The van der Waals surface area contributed by atoms with Crippen LogP contribution in [0.4, 0.5) is 0 Å². The number of hydrogen-bond donors (Lipinski definition) is 0. The second-order valence-corrected chi connectivity index (χ2v) is 16.8. The van der Waals surface area contributed by atoms with Crippen LogP contribution < -0.4 is 0 Å². The van der Waals surface area contributed by atoms with Crippen molar-refractivity contribution < 1.29 is 4.79 Å². The van der Waals surface area contributed by atoms with Crippen LogP contribution in [-0.4, -0.2) is 5.78 Å². The average Bonchev–Trinajstić information content (AvgIpc) is 3.01. The third-order valence-corrected chi connectivity index (χ3v) is 13.7. The van der Waals surface area contributed by atoms with Gasteiger partial charge in [0, 0.05) is 5.41 Å². The van der Waals surface area contributed by atoms with Crippen LogP contribution in [-0.2, 0) is 4.79 Å². The summed E-state index contributed by atoms with van der Waals surface area (Å²) in [4.78, 5) is 14.0. The van der Waals surface area contributed by atoms with Gasteiger partial charge in [-0.15, -0.1) is 0 Å². The fraction of sp³-hybridized carbons (Fsp3) is 0.912. The topological polar surface area (TPSA) is 17.1 Å². The minimum absolute atomic E-state index is 0.109. The van der Waals surface area contributed by atoms with Gasteiger partial charge in [0.25, 0.3) is 0 Å². The summed E-state index contributed by atoms with van der Waals surface area (Å²) in [5.41, 5.74) is 2.66. The maximum Gasteiger partial charge on any atom is 0.162 e. The van der Waals surface area contributed by atoms with Crippen LogP contribution >= 0.6 is 0 Å². The molecular formula is C34H58O. The minimum atomic E-state index is -0.185. The van der Waals surface area contributed by atoms with E-state index in [9.17, 15) is 4.79 Å². The van der Waals surface area contributed by atoms with Gasteiger partial charge in [-0.05, 0) is 114 Å². The van der Waals surface area contributed by atoms with Crippen LogP contribution in [0, 0.1) is 62.1 Å². The third kappa shape index (κ3) is 3.78. The highest BCUT2D eigenvalue weighted by molar-refractivity contribution is 5.97. The molecule has 0 N–H and O–H groups in total. The highest BCUT2D eigenvalue weighted by atomic mass is 16.1. The van der Waals surface area contributed by atoms with E-state index in [4.69, 9.17) is 0 Å². The summed E-state index contributed by atoms with van der Waals surface area (Å²) in [5.74, 6) is 3.82. The Labute approximate surface area is 218 Å². The number of hydrogen-bond acceptors (Lipinski definition) is 1. The van der Waals surface area contributed by atoms with Gasteiger partial charge >= 0.3 is 0 Å². The molecule has 0 bridgehead atoms. The molecule has 200 valence electrons. The van der Waals surface area contributed by atoms with Gasteiger partial charge in [-0.2, -0.15) is 0 Å². The summed E-state index contributed by atoms with van der Waals surface area (Å²) in [6.07, 6.45) is 12.3. The van der Waals surface area contributed by atoms with E-state index in [-0.39, 0.29) is 21.7 Å². The van der Waals surface area contributed by atoms with Gasteiger partial charge in [0.2, 0.25) is 0 Å². The summed E-state index contributed by atoms with van der Waals surface area (Å²) >= 11 is 0. The van der Waals surface area contributed by atoms with Crippen LogP contribution in [0.25, 0.3) is 0 Å². The highest BCUT2D eigenvalue weighted by Crippen LogP contribution is 2.75. The Morgan fingerprint density at radius 3 is 2.09 bits per heavy atom. The van der Waals surface area contributed by atoms with Gasteiger partial charge in [0.15, 0.2) is 5.78 Å². The molecule has 0 aromatic carbocycles. The normalized spacial score (nSPS) is 47.0. The van der Waals surface area contributed by atoms with Gasteiger partial charge in [-0.25, -0.2) is 0 Å². The fourth-order valence-electron chi connectivity index (χ4n) is 10.2. The molecule has 3 saturated carbocycles. The molecule has 0 heterocycles. The standard InChI is InChI=1S/C34H58O/c1-22-20-33(11)25-14-17-32(10)27(30(7,8)24(3)13-16-29(4,5)6)15-18-31(32,9)26(25)19-28(35)34(33,12)21-23(22)2/h19,22-25,27H,13-18,20-21H2,1-12H3/t22-,23+,24+,25?,27+,31-,32+,33+,34-/m0/s1. The Bertz CT molecular complexity index is 887. The molecule has 4 aliphatic rings. The molecule has 0 spiro atoms. The zero-order valence-corrected chi connectivity index (χ0v) is 25.5. The Kier molecular flexibility index (Phi) is 6.43. The van der Waals surface area contributed by atoms with Crippen molar-refractivity contribution in [3.8, 4) is 0 Å². The van der Waals surface area contributed by atoms with E-state index in [0.717, 1.165) is 12.3 Å². The fourth-order valence-corrected chi connectivity index (χ4v) is 10.2. The summed E-state index contributed by atoms with van der Waals surface area (Å²) in [7, 11) is 0. The van der Waals surface area contributed by atoms with Crippen molar-refractivity contribution in [3.63, 3.8) is 0 Å². The Hall–Kier alpha value is -0.590. The van der Waals surface area contributed by atoms with Crippen LogP contribution in [0.15, 0.2) is 11.6 Å². The van der Waals surface area contributed by atoms with E-state index in [1.165, 1.54) is 44.9 Å². The van der Waals surface area contributed by atoms with Crippen LogP contribution in [0.2, 0.25) is 0 Å². The second-order valence-electron chi connectivity index (χ2n) is 16.8. The van der Waals surface area contributed by atoms with Crippen LogP contribution in [0.3, 0.4) is 0 Å². The summed E-state index contributed by atoms with van der Waals surface area (Å²) in [5, 5.41) is 0. The van der Waals surface area contributed by atoms with E-state index >= 15 is 0 Å².